The van der Waals surface area contributed by atoms with Crippen LogP contribution < -0.4 is 11.1 Å². The van der Waals surface area contributed by atoms with Crippen molar-refractivity contribution in [2.45, 2.75) is 39.2 Å². The Balaban J connectivity index is 1.56. The number of H-pyrrole nitrogens is 1. The molecule has 3 heterocycles. The largest absolute Gasteiger partial charge is 0.379 e. The predicted molar refractivity (Wildman–Crippen MR) is 148 cm³/mol. The van der Waals surface area contributed by atoms with Crippen molar-refractivity contribution < 1.29 is 9.13 Å². The maximum absolute atomic E-state index is 13.7. The lowest BCUT2D eigenvalue weighted by atomic mass is 10.0. The Morgan fingerprint density at radius 3 is 2.53 bits per heavy atom. The van der Waals surface area contributed by atoms with Crippen LogP contribution in [0.3, 0.4) is 0 Å². The van der Waals surface area contributed by atoms with Crippen LogP contribution in [0.1, 0.15) is 36.6 Å². The number of unbranched alkanes of at least 4 members (excludes halogenated alkanes) is 1. The van der Waals surface area contributed by atoms with E-state index in [1.807, 2.05) is 12.1 Å². The maximum Gasteiger partial charge on any atom is 0.280 e. The minimum atomic E-state index is -0.487. The Kier molecular flexibility index (Phi) is 8.12. The van der Waals surface area contributed by atoms with E-state index in [-0.39, 0.29) is 16.1 Å². The summed E-state index contributed by atoms with van der Waals surface area (Å²) in [5.41, 5.74) is 3.26. The first-order valence-corrected chi connectivity index (χ1v) is 13.5. The van der Waals surface area contributed by atoms with Crippen molar-refractivity contribution in [1.82, 2.24) is 19.2 Å². The van der Waals surface area contributed by atoms with E-state index in [9.17, 15) is 14.0 Å². The molecule has 38 heavy (non-hydrogen) atoms. The van der Waals surface area contributed by atoms with Gasteiger partial charge in [-0.15, -0.1) is 0 Å². The van der Waals surface area contributed by atoms with Crippen LogP contribution in [0.5, 0.6) is 0 Å². The quantitative estimate of drug-likeness (QED) is 0.340. The second-order valence-electron chi connectivity index (χ2n) is 9.73. The Labute approximate surface area is 225 Å². The molecular formula is C29H32ClFN4O3. The molecule has 0 saturated carbocycles. The van der Waals surface area contributed by atoms with E-state index >= 15 is 0 Å². The minimum absolute atomic E-state index is 0.109. The van der Waals surface area contributed by atoms with Gasteiger partial charge in [0.2, 0.25) is 0 Å². The van der Waals surface area contributed by atoms with Crippen molar-refractivity contribution in [2.75, 3.05) is 32.8 Å². The van der Waals surface area contributed by atoms with E-state index in [1.165, 1.54) is 34.5 Å². The van der Waals surface area contributed by atoms with Gasteiger partial charge in [0, 0.05) is 31.4 Å². The third kappa shape index (κ3) is 5.48. The van der Waals surface area contributed by atoms with Gasteiger partial charge in [0.15, 0.2) is 0 Å². The molecule has 4 aromatic rings. The number of ether oxygens (including phenoxy) is 1. The molecule has 2 aromatic heterocycles. The molecule has 9 heteroatoms. The summed E-state index contributed by atoms with van der Waals surface area (Å²) in [5, 5.41) is 3.60. The third-order valence-corrected chi connectivity index (χ3v) is 7.54. The number of hydrogen-bond acceptors (Lipinski definition) is 4. The number of nitrogens with one attached hydrogen (secondary N) is 1. The monoisotopic (exact) mass is 538 g/mol. The van der Waals surface area contributed by atoms with Crippen LogP contribution in [0, 0.1) is 5.82 Å². The van der Waals surface area contributed by atoms with Gasteiger partial charge in [-0.2, -0.15) is 0 Å². The molecule has 0 atom stereocenters. The molecule has 1 aliphatic rings. The number of pyridine rings is 1. The van der Waals surface area contributed by atoms with E-state index < -0.39 is 5.82 Å². The molecule has 0 amide bonds. The van der Waals surface area contributed by atoms with Crippen molar-refractivity contribution in [1.29, 1.82) is 0 Å². The molecule has 1 saturated heterocycles. The molecule has 200 valence electrons. The van der Waals surface area contributed by atoms with E-state index in [4.69, 9.17) is 16.3 Å². The van der Waals surface area contributed by atoms with Gasteiger partial charge < -0.3 is 9.30 Å². The zero-order valence-corrected chi connectivity index (χ0v) is 22.3. The van der Waals surface area contributed by atoms with Crippen molar-refractivity contribution in [3.8, 4) is 5.69 Å². The summed E-state index contributed by atoms with van der Waals surface area (Å²) in [6.45, 7) is 6.77. The predicted octanol–water partition coefficient (Wildman–Crippen LogP) is 4.54. The molecule has 5 rings (SSSR count). The first-order chi connectivity index (χ1) is 18.5. The molecule has 0 spiro atoms. The van der Waals surface area contributed by atoms with Gasteiger partial charge in [-0.1, -0.05) is 49.2 Å². The van der Waals surface area contributed by atoms with Crippen LogP contribution in [0.15, 0.2) is 58.1 Å². The summed E-state index contributed by atoms with van der Waals surface area (Å²) < 4.78 is 22.1. The fourth-order valence-corrected chi connectivity index (χ4v) is 5.40. The summed E-state index contributed by atoms with van der Waals surface area (Å²) in [6, 6.07) is 13.5. The summed E-state index contributed by atoms with van der Waals surface area (Å²) in [4.78, 5) is 29.5. The number of morpholine rings is 1. The summed E-state index contributed by atoms with van der Waals surface area (Å²) in [6.07, 6.45) is 3.21. The van der Waals surface area contributed by atoms with Gasteiger partial charge in [-0.25, -0.2) is 9.07 Å². The molecule has 1 N–H and O–H groups in total. The van der Waals surface area contributed by atoms with Gasteiger partial charge in [0.1, 0.15) is 5.82 Å². The molecule has 1 fully saturated rings. The molecule has 0 aliphatic carbocycles. The Hall–Kier alpha value is -3.20. The summed E-state index contributed by atoms with van der Waals surface area (Å²) >= 11 is 6.26. The lowest BCUT2D eigenvalue weighted by Gasteiger charge is -2.27. The highest BCUT2D eigenvalue weighted by atomic mass is 35.5. The van der Waals surface area contributed by atoms with Gasteiger partial charge in [0.05, 0.1) is 41.4 Å². The number of fused-ring (bicyclic) bond motifs is 1. The number of benzene rings is 2. The average Bonchev–Trinajstić information content (AvgIpc) is 3.23. The van der Waals surface area contributed by atoms with Crippen LogP contribution in [0.2, 0.25) is 5.02 Å². The number of aromatic amines is 1. The summed E-state index contributed by atoms with van der Waals surface area (Å²) in [5.74, 6) is -0.487. The van der Waals surface area contributed by atoms with Crippen LogP contribution in [-0.2, 0) is 24.1 Å². The number of aromatic nitrogens is 3. The van der Waals surface area contributed by atoms with Crippen LogP contribution >= 0.6 is 11.6 Å². The standard InChI is InChI=1S/C29H32ClFN4O3/c1-2-3-8-26-28-24(32-35(29(28)37)25-10-9-22(31)17-23(25)30)18-27(36)34(26)19-21-7-5-4-6-20(21)11-12-33-13-15-38-16-14-33/h4-7,9-10,17-18,32H,2-3,8,11-16,19H2,1H3. The smallest absolute Gasteiger partial charge is 0.280 e. The maximum atomic E-state index is 13.7. The molecule has 1 aliphatic heterocycles. The SMILES string of the molecule is CCCCc1c2c(=O)n(-c3ccc(F)cc3Cl)[nH]c2cc(=O)n1Cc1ccccc1CCN1CCOCC1. The number of aryl methyl sites for hydroxylation is 1. The van der Waals surface area contributed by atoms with Crippen LogP contribution in [-0.4, -0.2) is 52.1 Å². The van der Waals surface area contributed by atoms with Crippen molar-refractivity contribution in [2.24, 2.45) is 0 Å². The zero-order chi connectivity index (χ0) is 26.6. The molecule has 7 nitrogen and oxygen atoms in total. The van der Waals surface area contributed by atoms with E-state index in [0.29, 0.717) is 35.2 Å². The number of halogens is 2. The first-order valence-electron chi connectivity index (χ1n) is 13.2. The minimum Gasteiger partial charge on any atom is -0.379 e. The Bertz CT molecular complexity index is 1550. The normalized spacial score (nSPS) is 14.4. The molecule has 0 bridgehead atoms. The second kappa shape index (κ2) is 11.7. The third-order valence-electron chi connectivity index (χ3n) is 7.23. The van der Waals surface area contributed by atoms with Crippen molar-refractivity contribution >= 4 is 22.5 Å². The Morgan fingerprint density at radius 1 is 1.03 bits per heavy atom. The van der Waals surface area contributed by atoms with E-state index in [1.54, 1.807) is 4.57 Å². The fourth-order valence-electron chi connectivity index (χ4n) is 5.15. The van der Waals surface area contributed by atoms with E-state index in [2.05, 4.69) is 29.1 Å². The second-order valence-corrected chi connectivity index (χ2v) is 10.1. The number of hydrogen-bond donors (Lipinski definition) is 1. The fraction of sp³-hybridized carbons (Fsp3) is 0.379. The van der Waals surface area contributed by atoms with Gasteiger partial charge >= 0.3 is 0 Å². The Morgan fingerprint density at radius 2 is 1.79 bits per heavy atom. The van der Waals surface area contributed by atoms with Gasteiger partial charge in [0.25, 0.3) is 11.1 Å². The summed E-state index contributed by atoms with van der Waals surface area (Å²) in [7, 11) is 0. The highest BCUT2D eigenvalue weighted by Crippen LogP contribution is 2.23. The first kappa shape index (κ1) is 26.4. The molecule has 2 aromatic carbocycles. The number of rotatable bonds is 9. The van der Waals surface area contributed by atoms with Crippen molar-refractivity contribution in [3.63, 3.8) is 0 Å². The van der Waals surface area contributed by atoms with Crippen LogP contribution in [0.25, 0.3) is 16.6 Å². The highest BCUT2D eigenvalue weighted by molar-refractivity contribution is 6.32. The average molecular weight is 539 g/mol. The topological polar surface area (TPSA) is 72.3 Å². The molecular weight excluding hydrogens is 507 g/mol. The highest BCUT2D eigenvalue weighted by Gasteiger charge is 2.20. The van der Waals surface area contributed by atoms with Crippen LogP contribution in [0.4, 0.5) is 4.39 Å². The van der Waals surface area contributed by atoms with E-state index in [0.717, 1.165) is 57.7 Å². The molecule has 0 unspecified atom stereocenters. The van der Waals surface area contributed by atoms with Crippen molar-refractivity contribution in [3.05, 3.63) is 96.9 Å². The van der Waals surface area contributed by atoms with Gasteiger partial charge in [-0.3, -0.25) is 19.6 Å². The zero-order valence-electron chi connectivity index (χ0n) is 21.5. The lowest BCUT2D eigenvalue weighted by Crippen LogP contribution is -2.37. The lowest BCUT2D eigenvalue weighted by molar-refractivity contribution is 0.0384. The number of nitrogens with zero attached hydrogens (tertiary/aromatic N) is 3. The van der Waals surface area contributed by atoms with Gasteiger partial charge in [-0.05, 0) is 48.6 Å². The molecule has 0 radical (unpaired) electrons.